The van der Waals surface area contributed by atoms with Crippen LogP contribution in [0.4, 0.5) is 5.13 Å². The van der Waals surface area contributed by atoms with Gasteiger partial charge in [0.15, 0.2) is 0 Å². The summed E-state index contributed by atoms with van der Waals surface area (Å²) in [5.41, 5.74) is 3.57. The summed E-state index contributed by atoms with van der Waals surface area (Å²) < 4.78 is 0. The van der Waals surface area contributed by atoms with Gasteiger partial charge in [0, 0.05) is 5.38 Å². The number of aromatic nitrogens is 1. The quantitative estimate of drug-likeness (QED) is 0.533. The maximum Gasteiger partial charge on any atom is 0.203 e. The van der Waals surface area contributed by atoms with E-state index in [1.165, 1.54) is 11.3 Å². The highest BCUT2D eigenvalue weighted by atomic mass is 32.1. The number of nitrogens with zero attached hydrogens (tertiary/aromatic N) is 3. The molecule has 0 unspecified atom stereocenters. The summed E-state index contributed by atoms with van der Waals surface area (Å²) in [6, 6.07) is 1.77. The Kier molecular flexibility index (Phi) is 2.58. The second kappa shape index (κ2) is 3.68. The summed E-state index contributed by atoms with van der Waals surface area (Å²) in [6.07, 6.45) is 1.12. The SMILES string of the molecule is Cc1csc(N/N=C/C#N)n1. The predicted octanol–water partition coefficient (Wildman–Crippen LogP) is 1.37. The number of rotatable bonds is 2. The molecule has 0 fully saturated rings. The lowest BCUT2D eigenvalue weighted by Crippen LogP contribution is -1.86. The van der Waals surface area contributed by atoms with E-state index in [1.54, 1.807) is 6.07 Å². The van der Waals surface area contributed by atoms with E-state index in [4.69, 9.17) is 5.26 Å². The Hall–Kier alpha value is -1.41. The van der Waals surface area contributed by atoms with Crippen molar-refractivity contribution in [3.05, 3.63) is 11.1 Å². The largest absolute Gasteiger partial charge is 0.252 e. The van der Waals surface area contributed by atoms with Crippen LogP contribution in [0.1, 0.15) is 5.69 Å². The Morgan fingerprint density at radius 3 is 3.27 bits per heavy atom. The van der Waals surface area contributed by atoms with Gasteiger partial charge in [-0.15, -0.1) is 11.3 Å². The maximum atomic E-state index is 8.09. The van der Waals surface area contributed by atoms with Crippen molar-refractivity contribution in [1.29, 1.82) is 5.26 Å². The number of anilines is 1. The van der Waals surface area contributed by atoms with Crippen LogP contribution in [-0.2, 0) is 0 Å². The molecule has 0 saturated carbocycles. The van der Waals surface area contributed by atoms with E-state index < -0.39 is 0 Å². The summed E-state index contributed by atoms with van der Waals surface area (Å²) >= 11 is 1.45. The topological polar surface area (TPSA) is 61.1 Å². The van der Waals surface area contributed by atoms with Gasteiger partial charge < -0.3 is 0 Å². The highest BCUT2D eigenvalue weighted by Crippen LogP contribution is 2.13. The fraction of sp³-hybridized carbons (Fsp3) is 0.167. The molecule has 0 atom stereocenters. The van der Waals surface area contributed by atoms with Gasteiger partial charge in [-0.1, -0.05) is 0 Å². The molecule has 0 aliphatic carbocycles. The molecule has 4 nitrogen and oxygen atoms in total. The van der Waals surface area contributed by atoms with Crippen molar-refractivity contribution in [2.45, 2.75) is 6.92 Å². The Balaban J connectivity index is 2.53. The van der Waals surface area contributed by atoms with Gasteiger partial charge >= 0.3 is 0 Å². The van der Waals surface area contributed by atoms with E-state index in [0.29, 0.717) is 5.13 Å². The molecule has 0 aliphatic rings. The minimum absolute atomic E-state index is 0.703. The average molecular weight is 166 g/mol. The van der Waals surface area contributed by atoms with Crippen molar-refractivity contribution in [3.63, 3.8) is 0 Å². The predicted molar refractivity (Wildman–Crippen MR) is 44.6 cm³/mol. The Morgan fingerprint density at radius 1 is 1.91 bits per heavy atom. The number of nitriles is 1. The minimum Gasteiger partial charge on any atom is -0.252 e. The lowest BCUT2D eigenvalue weighted by atomic mass is 10.6. The molecule has 1 aromatic rings. The fourth-order valence-corrected chi connectivity index (χ4v) is 1.16. The van der Waals surface area contributed by atoms with E-state index >= 15 is 0 Å². The Morgan fingerprint density at radius 2 is 2.73 bits per heavy atom. The Bertz CT molecular complexity index is 296. The van der Waals surface area contributed by atoms with Crippen molar-refractivity contribution < 1.29 is 0 Å². The molecule has 56 valence electrons. The molecule has 11 heavy (non-hydrogen) atoms. The van der Waals surface area contributed by atoms with Crippen LogP contribution in [0, 0.1) is 18.3 Å². The van der Waals surface area contributed by atoms with Crippen molar-refractivity contribution >= 4 is 22.7 Å². The molecule has 0 radical (unpaired) electrons. The van der Waals surface area contributed by atoms with Gasteiger partial charge in [-0.3, -0.25) is 5.43 Å². The first-order valence-electron chi connectivity index (χ1n) is 2.92. The standard InChI is InChI=1S/C6H6N4S/c1-5-4-11-6(9-5)10-8-3-2-7/h3-4H,1H3,(H,9,10)/b8-3+. The summed E-state index contributed by atoms with van der Waals surface area (Å²) in [7, 11) is 0. The smallest absolute Gasteiger partial charge is 0.203 e. The van der Waals surface area contributed by atoms with Crippen LogP contribution in [0.15, 0.2) is 10.5 Å². The highest BCUT2D eigenvalue weighted by molar-refractivity contribution is 7.13. The highest BCUT2D eigenvalue weighted by Gasteiger charge is 1.93. The zero-order valence-corrected chi connectivity index (χ0v) is 6.72. The third-order valence-corrected chi connectivity index (χ3v) is 1.77. The Labute approximate surface area is 68.2 Å². The summed E-state index contributed by atoms with van der Waals surface area (Å²) in [4.78, 5) is 4.07. The number of hydrogen-bond donors (Lipinski definition) is 1. The zero-order valence-electron chi connectivity index (χ0n) is 5.90. The van der Waals surface area contributed by atoms with Gasteiger partial charge in [-0.2, -0.15) is 10.4 Å². The summed E-state index contributed by atoms with van der Waals surface area (Å²) in [5, 5.41) is 14.3. The van der Waals surface area contributed by atoms with Gasteiger partial charge in [0.1, 0.15) is 12.3 Å². The second-order valence-electron chi connectivity index (χ2n) is 1.79. The van der Waals surface area contributed by atoms with E-state index in [2.05, 4.69) is 15.5 Å². The second-order valence-corrected chi connectivity index (χ2v) is 2.65. The van der Waals surface area contributed by atoms with Gasteiger partial charge in [0.05, 0.1) is 5.69 Å². The lowest BCUT2D eigenvalue weighted by molar-refractivity contribution is 1.22. The summed E-state index contributed by atoms with van der Waals surface area (Å²) in [5.74, 6) is 0. The molecule has 1 rings (SSSR count). The average Bonchev–Trinajstić information content (AvgIpc) is 2.37. The van der Waals surface area contributed by atoms with Gasteiger partial charge in [0.2, 0.25) is 5.13 Å². The van der Waals surface area contributed by atoms with Gasteiger partial charge in [0.25, 0.3) is 0 Å². The normalized spacial score (nSPS) is 9.82. The molecule has 0 bridgehead atoms. The van der Waals surface area contributed by atoms with Crippen LogP contribution in [-0.4, -0.2) is 11.2 Å². The molecule has 1 heterocycles. The molecular formula is C6H6N4S. The van der Waals surface area contributed by atoms with E-state index in [0.717, 1.165) is 11.9 Å². The first kappa shape index (κ1) is 7.69. The van der Waals surface area contributed by atoms with E-state index in [1.807, 2.05) is 12.3 Å². The molecular weight excluding hydrogens is 160 g/mol. The molecule has 1 aromatic heterocycles. The van der Waals surface area contributed by atoms with Crippen LogP contribution in [0.3, 0.4) is 0 Å². The monoisotopic (exact) mass is 166 g/mol. The number of aryl methyl sites for hydroxylation is 1. The molecule has 0 amide bonds. The fourth-order valence-electron chi connectivity index (χ4n) is 0.522. The van der Waals surface area contributed by atoms with Crippen molar-refractivity contribution in [2.24, 2.45) is 5.10 Å². The molecule has 0 aromatic carbocycles. The van der Waals surface area contributed by atoms with Crippen LogP contribution in [0.5, 0.6) is 0 Å². The van der Waals surface area contributed by atoms with Crippen molar-refractivity contribution in [3.8, 4) is 6.07 Å². The maximum absolute atomic E-state index is 8.09. The minimum atomic E-state index is 0.703. The zero-order chi connectivity index (χ0) is 8.10. The lowest BCUT2D eigenvalue weighted by Gasteiger charge is -1.87. The van der Waals surface area contributed by atoms with Crippen LogP contribution >= 0.6 is 11.3 Å². The van der Waals surface area contributed by atoms with Crippen molar-refractivity contribution in [2.75, 3.05) is 5.43 Å². The van der Waals surface area contributed by atoms with Crippen LogP contribution in [0.25, 0.3) is 0 Å². The molecule has 0 aliphatic heterocycles. The molecule has 5 heteroatoms. The van der Waals surface area contributed by atoms with Crippen LogP contribution in [0.2, 0.25) is 0 Å². The molecule has 1 N–H and O–H groups in total. The van der Waals surface area contributed by atoms with Crippen molar-refractivity contribution in [1.82, 2.24) is 4.98 Å². The molecule has 0 saturated heterocycles. The number of hydrazone groups is 1. The van der Waals surface area contributed by atoms with Gasteiger partial charge in [-0.05, 0) is 6.92 Å². The third-order valence-electron chi connectivity index (χ3n) is 0.901. The number of thiazole rings is 1. The molecule has 0 spiro atoms. The first-order chi connectivity index (χ1) is 5.33. The van der Waals surface area contributed by atoms with Crippen LogP contribution < -0.4 is 5.43 Å². The van der Waals surface area contributed by atoms with E-state index in [-0.39, 0.29) is 0 Å². The number of nitrogens with one attached hydrogen (secondary N) is 1. The van der Waals surface area contributed by atoms with Gasteiger partial charge in [-0.25, -0.2) is 4.98 Å². The first-order valence-corrected chi connectivity index (χ1v) is 3.80. The summed E-state index contributed by atoms with van der Waals surface area (Å²) in [6.45, 7) is 1.90. The third kappa shape index (κ3) is 2.35. The van der Waals surface area contributed by atoms with E-state index in [9.17, 15) is 0 Å². The number of hydrogen-bond acceptors (Lipinski definition) is 5.